The summed E-state index contributed by atoms with van der Waals surface area (Å²) in [5, 5.41) is 7.19. The van der Waals surface area contributed by atoms with Gasteiger partial charge in [-0.3, -0.25) is 4.98 Å². The van der Waals surface area contributed by atoms with Gasteiger partial charge in [0.25, 0.3) is 0 Å². The van der Waals surface area contributed by atoms with Crippen molar-refractivity contribution in [1.29, 1.82) is 0 Å². The molecule has 1 aliphatic rings. The van der Waals surface area contributed by atoms with Crippen LogP contribution in [0.2, 0.25) is 0 Å². The molecular formula is C29H34F2N6O3S. The van der Waals surface area contributed by atoms with Crippen molar-refractivity contribution in [1.82, 2.24) is 19.6 Å². The Hall–Kier alpha value is -3.48. The van der Waals surface area contributed by atoms with E-state index < -0.39 is 32.8 Å². The Labute approximate surface area is 238 Å². The molecule has 5 rings (SSSR count). The van der Waals surface area contributed by atoms with Crippen LogP contribution in [0.3, 0.4) is 0 Å². The van der Waals surface area contributed by atoms with E-state index in [0.717, 1.165) is 5.56 Å². The van der Waals surface area contributed by atoms with Crippen molar-refractivity contribution in [2.24, 2.45) is 11.7 Å². The molecule has 9 nitrogen and oxygen atoms in total. The van der Waals surface area contributed by atoms with Gasteiger partial charge in [0.1, 0.15) is 11.6 Å². The molecule has 0 spiro atoms. The molecule has 4 aromatic rings. The molecule has 3 aromatic heterocycles. The molecule has 1 aliphatic carbocycles. The van der Waals surface area contributed by atoms with Crippen molar-refractivity contribution in [3.63, 3.8) is 0 Å². The maximum atomic E-state index is 15.1. The number of hydrogen-bond acceptors (Lipinski definition) is 8. The fourth-order valence-electron chi connectivity index (χ4n) is 5.86. The zero-order valence-corrected chi connectivity index (χ0v) is 24.2. The lowest BCUT2D eigenvalue weighted by atomic mass is 9.76. The Kier molecular flexibility index (Phi) is 8.09. The maximum absolute atomic E-state index is 15.1. The number of nitrogens with one attached hydrogen (secondary N) is 1. The molecule has 0 radical (unpaired) electrons. The summed E-state index contributed by atoms with van der Waals surface area (Å²) in [5.74, 6) is -1.26. The first-order chi connectivity index (χ1) is 19.4. The van der Waals surface area contributed by atoms with Crippen LogP contribution in [0, 0.1) is 17.6 Å². The topological polar surface area (TPSA) is 124 Å². The first-order valence-corrected chi connectivity index (χ1v) is 15.5. The van der Waals surface area contributed by atoms with Crippen molar-refractivity contribution < 1.29 is 21.9 Å². The molecule has 0 unspecified atom stereocenters. The predicted octanol–water partition coefficient (Wildman–Crippen LogP) is 4.99. The Morgan fingerprint density at radius 2 is 1.88 bits per heavy atom. The van der Waals surface area contributed by atoms with Gasteiger partial charge in [0, 0.05) is 18.5 Å². The zero-order valence-electron chi connectivity index (χ0n) is 23.4. The Balaban J connectivity index is 1.45. The van der Waals surface area contributed by atoms with Crippen molar-refractivity contribution in [3.8, 4) is 11.3 Å². The standard InChI is InChI=1S/C29H34F2N6O3S/c1-16(2)40-15-18-10-22(30)27(23(31)11-18)25-6-5-20-13-34-29(37(20)36-25)35-26-14-33-8-7-21(26)19-9-17(3)28(24(32)12-19)41(4,38)39/h5-8,10-11,13-14,16-17,19,24,28H,9,12,15,32H2,1-4H3,(H,34,35)/t17-,19+,24+,28-/m0/s1. The molecule has 12 heteroatoms. The highest BCUT2D eigenvalue weighted by molar-refractivity contribution is 7.91. The lowest BCUT2D eigenvalue weighted by Crippen LogP contribution is -2.48. The monoisotopic (exact) mass is 584 g/mol. The van der Waals surface area contributed by atoms with Crippen LogP contribution in [0.15, 0.2) is 48.9 Å². The number of ether oxygens (including phenoxy) is 1. The summed E-state index contributed by atoms with van der Waals surface area (Å²) in [6.45, 7) is 5.72. The lowest BCUT2D eigenvalue weighted by molar-refractivity contribution is 0.0654. The van der Waals surface area contributed by atoms with Gasteiger partial charge in [-0.25, -0.2) is 22.2 Å². The minimum Gasteiger partial charge on any atom is -0.374 e. The fraction of sp³-hybridized carbons (Fsp3) is 0.414. The molecule has 1 fully saturated rings. The van der Waals surface area contributed by atoms with E-state index in [1.54, 1.807) is 30.7 Å². The second-order valence-electron chi connectivity index (χ2n) is 11.1. The van der Waals surface area contributed by atoms with Crippen LogP contribution in [-0.4, -0.2) is 51.7 Å². The molecule has 0 amide bonds. The Morgan fingerprint density at radius 3 is 2.54 bits per heavy atom. The molecule has 0 saturated heterocycles. The molecule has 41 heavy (non-hydrogen) atoms. The van der Waals surface area contributed by atoms with Crippen molar-refractivity contribution in [2.45, 2.75) is 63.5 Å². The number of fused-ring (bicyclic) bond motifs is 1. The van der Waals surface area contributed by atoms with E-state index in [9.17, 15) is 8.42 Å². The normalized spacial score (nSPS) is 21.5. The molecule has 3 heterocycles. The van der Waals surface area contributed by atoms with E-state index in [1.807, 2.05) is 26.8 Å². The van der Waals surface area contributed by atoms with E-state index in [4.69, 9.17) is 10.5 Å². The number of imidazole rings is 1. The summed E-state index contributed by atoms with van der Waals surface area (Å²) in [4.78, 5) is 8.70. The number of nitrogens with two attached hydrogens (primary N) is 1. The average Bonchev–Trinajstić information content (AvgIpc) is 3.28. The fourth-order valence-corrected chi connectivity index (χ4v) is 7.56. The first kappa shape index (κ1) is 29.0. The molecule has 1 saturated carbocycles. The van der Waals surface area contributed by atoms with Crippen molar-refractivity contribution >= 4 is 27.0 Å². The predicted molar refractivity (Wildman–Crippen MR) is 154 cm³/mol. The smallest absolute Gasteiger partial charge is 0.229 e. The van der Waals surface area contributed by atoms with Gasteiger partial charge in [0.05, 0.1) is 52.8 Å². The molecule has 1 aromatic carbocycles. The number of sulfone groups is 1. The van der Waals surface area contributed by atoms with Gasteiger partial charge >= 0.3 is 0 Å². The third kappa shape index (κ3) is 6.09. The van der Waals surface area contributed by atoms with Crippen molar-refractivity contribution in [3.05, 3.63) is 71.7 Å². The maximum Gasteiger partial charge on any atom is 0.229 e. The Bertz CT molecular complexity index is 1640. The minimum absolute atomic E-state index is 0.000344. The molecular weight excluding hydrogens is 550 g/mol. The number of aromatic nitrogens is 4. The third-order valence-corrected chi connectivity index (χ3v) is 9.36. The lowest BCUT2D eigenvalue weighted by Gasteiger charge is -2.38. The van der Waals surface area contributed by atoms with Crippen LogP contribution in [0.25, 0.3) is 16.8 Å². The van der Waals surface area contributed by atoms with Gasteiger partial charge in [-0.2, -0.15) is 9.61 Å². The van der Waals surface area contributed by atoms with Crippen LogP contribution in [0.4, 0.5) is 20.4 Å². The van der Waals surface area contributed by atoms with Crippen LogP contribution in [0.5, 0.6) is 0 Å². The molecule has 4 atom stereocenters. The van der Waals surface area contributed by atoms with Gasteiger partial charge in [0.2, 0.25) is 5.95 Å². The highest BCUT2D eigenvalue weighted by Gasteiger charge is 2.40. The number of pyridine rings is 1. The summed E-state index contributed by atoms with van der Waals surface area (Å²) in [5.41, 5.74) is 8.84. The van der Waals surface area contributed by atoms with Crippen molar-refractivity contribution in [2.75, 3.05) is 11.6 Å². The van der Waals surface area contributed by atoms with Crippen LogP contribution >= 0.6 is 0 Å². The van der Waals surface area contributed by atoms with Gasteiger partial charge in [0.15, 0.2) is 9.84 Å². The van der Waals surface area contributed by atoms with Crippen LogP contribution in [0.1, 0.15) is 50.7 Å². The van der Waals surface area contributed by atoms with Gasteiger partial charge < -0.3 is 15.8 Å². The van der Waals surface area contributed by atoms with Gasteiger partial charge in [-0.1, -0.05) is 6.92 Å². The summed E-state index contributed by atoms with van der Waals surface area (Å²) >= 11 is 0. The largest absolute Gasteiger partial charge is 0.374 e. The van der Waals surface area contributed by atoms with E-state index in [-0.39, 0.29) is 35.8 Å². The summed E-state index contributed by atoms with van der Waals surface area (Å²) in [6.07, 6.45) is 7.26. The average molecular weight is 585 g/mol. The summed E-state index contributed by atoms with van der Waals surface area (Å²) in [6, 6.07) is 7.14. The van der Waals surface area contributed by atoms with Crippen LogP contribution < -0.4 is 11.1 Å². The second kappa shape index (κ2) is 11.4. The summed E-state index contributed by atoms with van der Waals surface area (Å²) in [7, 11) is -3.28. The number of nitrogens with zero attached hydrogens (tertiary/aromatic N) is 4. The number of hydrogen-bond donors (Lipinski definition) is 2. The number of halogens is 2. The van der Waals surface area contributed by atoms with E-state index >= 15 is 8.78 Å². The first-order valence-electron chi connectivity index (χ1n) is 13.5. The molecule has 0 bridgehead atoms. The number of rotatable bonds is 8. The SMILES string of the molecule is CC(C)OCc1cc(F)c(-c2ccc3cnc(Nc4cnccc4[C@H]4C[C@@H](N)[C@@H](S(C)(=O)=O)[C@@H](C)C4)n3n2)c(F)c1. The zero-order chi connectivity index (χ0) is 29.5. The quantitative estimate of drug-likeness (QED) is 0.297. The third-order valence-electron chi connectivity index (χ3n) is 7.56. The summed E-state index contributed by atoms with van der Waals surface area (Å²) < 4.78 is 61.8. The molecule has 218 valence electrons. The van der Waals surface area contributed by atoms with Gasteiger partial charge in [-0.05, 0) is 80.0 Å². The number of benzene rings is 1. The van der Waals surface area contributed by atoms with E-state index in [0.29, 0.717) is 35.6 Å². The van der Waals surface area contributed by atoms with E-state index in [1.165, 1.54) is 22.9 Å². The second-order valence-corrected chi connectivity index (χ2v) is 13.3. The highest BCUT2D eigenvalue weighted by Crippen LogP contribution is 2.41. The van der Waals surface area contributed by atoms with Crippen LogP contribution in [-0.2, 0) is 21.2 Å². The van der Waals surface area contributed by atoms with E-state index in [2.05, 4.69) is 20.4 Å². The minimum atomic E-state index is -3.28. The highest BCUT2D eigenvalue weighted by atomic mass is 32.2. The van der Waals surface area contributed by atoms with Gasteiger partial charge in [-0.15, -0.1) is 0 Å². The molecule has 0 aliphatic heterocycles. The molecule has 3 N–H and O–H groups in total. The Morgan fingerprint density at radius 1 is 1.15 bits per heavy atom. The number of anilines is 2.